The van der Waals surface area contributed by atoms with Gasteiger partial charge in [-0.1, -0.05) is 12.8 Å². The summed E-state index contributed by atoms with van der Waals surface area (Å²) in [7, 11) is -23.7. The number of imidazole rings is 2. The van der Waals surface area contributed by atoms with E-state index in [9.17, 15) is 53.2 Å². The third-order valence-corrected chi connectivity index (χ3v) is 14.9. The Kier molecular flexibility index (Phi) is 14.2. The van der Waals surface area contributed by atoms with Gasteiger partial charge < -0.3 is 50.1 Å². The van der Waals surface area contributed by atoms with Crippen molar-refractivity contribution in [3.8, 4) is 0 Å². The van der Waals surface area contributed by atoms with Gasteiger partial charge in [-0.2, -0.15) is 25.6 Å². The monoisotopic (exact) mass is 921 g/mol. The van der Waals surface area contributed by atoms with Gasteiger partial charge in [-0.05, 0) is 25.0 Å². The number of phosphoric acid groups is 4. The lowest BCUT2D eigenvalue weighted by Crippen LogP contribution is -2.33. The molecule has 2 aliphatic rings. The van der Waals surface area contributed by atoms with E-state index in [1.54, 1.807) is 0 Å². The predicted molar refractivity (Wildman–Crippen MR) is 196 cm³/mol. The van der Waals surface area contributed by atoms with Crippen LogP contribution in [0.3, 0.4) is 0 Å². The molecule has 4 aromatic heterocycles. The van der Waals surface area contributed by atoms with E-state index in [0.29, 0.717) is 17.6 Å². The van der Waals surface area contributed by atoms with Gasteiger partial charge in [0.2, 0.25) is 0 Å². The highest BCUT2D eigenvalue weighted by Gasteiger charge is 2.49. The smallest absolute Gasteiger partial charge is 0.390 e. The maximum Gasteiger partial charge on any atom is 0.490 e. The standard InChI is InChI=1S/C26H39N9O18P4S/c27-23-20-25(31-11-29-23)34(12-33-20)18-7-15(36)16(49-18)8-47-54(39,40)51-56(43,44)53-57(45,46)52-55(41,42)48-9-17-21(37)22(38)26(50-17)35-13-32-19-14(28-10-30-24(19)35)5-3-1-2-4-6-58/h10-13,15-18,21-22,26,36-38,58H,1-9H2,(H,39,40)(H,41,42)(H,43,44)(H,45,46)(H2,27,29,31)/t15-,16+,17+,18+,21+,22+,26+/m0/s1. The van der Waals surface area contributed by atoms with E-state index >= 15 is 0 Å². The molecule has 4 aromatic rings. The number of aryl methyl sites for hydroxylation is 1. The van der Waals surface area contributed by atoms with Gasteiger partial charge >= 0.3 is 31.3 Å². The average Bonchev–Trinajstić information content (AvgIpc) is 3.90. The first-order chi connectivity index (χ1) is 27.3. The molecule has 27 nitrogen and oxygen atoms in total. The van der Waals surface area contributed by atoms with Gasteiger partial charge in [-0.3, -0.25) is 18.2 Å². The summed E-state index contributed by atoms with van der Waals surface area (Å²) in [6.07, 6.45) is -0.630. The van der Waals surface area contributed by atoms with Gasteiger partial charge in [-0.25, -0.2) is 48.2 Å². The van der Waals surface area contributed by atoms with Crippen LogP contribution in [0.15, 0.2) is 25.3 Å². The minimum atomic E-state index is -6.16. The van der Waals surface area contributed by atoms with Crippen LogP contribution in [0.2, 0.25) is 0 Å². The highest BCUT2D eigenvalue weighted by atomic mass is 32.1. The molecule has 6 heterocycles. The molecular formula is C26H39N9O18P4S. The van der Waals surface area contributed by atoms with Crippen LogP contribution in [0.25, 0.3) is 22.3 Å². The molecule has 6 rings (SSSR count). The number of phosphoric ester groups is 2. The number of fused-ring (bicyclic) bond motifs is 2. The van der Waals surface area contributed by atoms with E-state index in [2.05, 4.69) is 64.5 Å². The van der Waals surface area contributed by atoms with Gasteiger partial charge in [0, 0.05) is 6.42 Å². The Hall–Kier alpha value is -2.39. The summed E-state index contributed by atoms with van der Waals surface area (Å²) in [6, 6.07) is 0. The molecule has 2 aliphatic heterocycles. The molecule has 0 amide bonds. The Morgan fingerprint density at radius 3 is 1.95 bits per heavy atom. The zero-order valence-electron chi connectivity index (χ0n) is 29.7. The van der Waals surface area contributed by atoms with Crippen LogP contribution in [0.1, 0.15) is 50.3 Å². The third kappa shape index (κ3) is 10.9. The van der Waals surface area contributed by atoms with Gasteiger partial charge in [-0.15, -0.1) is 0 Å². The van der Waals surface area contributed by atoms with Crippen molar-refractivity contribution in [3.05, 3.63) is 31.0 Å². The second-order valence-corrected chi connectivity index (χ2v) is 19.5. The van der Waals surface area contributed by atoms with Crippen molar-refractivity contribution in [3.63, 3.8) is 0 Å². The SMILES string of the molecule is Nc1ncnc2c1ncn2[C@H]1C[C@H](O)[C@@H](COP(=O)(O)OP(=O)(O)OP(=O)(O)OP(=O)(O)OC[C@H]2O[C@@H](n3cnc4c(CCCCCCS)ncnc43)[C@H](O)[C@@H]2O)O1. The number of rotatable bonds is 20. The zero-order chi connectivity index (χ0) is 42.0. The van der Waals surface area contributed by atoms with Crippen LogP contribution >= 0.6 is 43.9 Å². The highest BCUT2D eigenvalue weighted by Crippen LogP contribution is 2.71. The Morgan fingerprint density at radius 2 is 1.28 bits per heavy atom. The van der Waals surface area contributed by atoms with Crippen molar-refractivity contribution in [1.29, 1.82) is 0 Å². The number of nitrogen functional groups attached to an aromatic ring is 1. The maximum atomic E-state index is 12.6. The summed E-state index contributed by atoms with van der Waals surface area (Å²) in [4.78, 5) is 64.7. The number of aliphatic hydroxyl groups excluding tert-OH is 3. The number of nitrogens with zero attached hydrogens (tertiary/aromatic N) is 8. The van der Waals surface area contributed by atoms with Gasteiger partial charge in [0.1, 0.15) is 54.3 Å². The molecule has 0 spiro atoms. The number of aliphatic hydroxyl groups is 3. The molecule has 0 aromatic carbocycles. The number of nitrogens with two attached hydrogens (primary N) is 1. The first kappa shape index (κ1) is 45.1. The predicted octanol–water partition coefficient (Wildman–Crippen LogP) is 1.03. The number of aromatic nitrogens is 8. The van der Waals surface area contributed by atoms with E-state index < -0.39 is 87.5 Å². The molecule has 32 heteroatoms. The molecule has 0 aliphatic carbocycles. The summed E-state index contributed by atoms with van der Waals surface area (Å²) >= 11 is 4.20. The zero-order valence-corrected chi connectivity index (χ0v) is 34.2. The molecule has 0 bridgehead atoms. The fraction of sp³-hybridized carbons (Fsp3) is 0.615. The first-order valence-electron chi connectivity index (χ1n) is 17.1. The van der Waals surface area contributed by atoms with Crippen molar-refractivity contribution in [2.45, 2.75) is 81.5 Å². The second kappa shape index (κ2) is 18.3. The molecule has 58 heavy (non-hydrogen) atoms. The van der Waals surface area contributed by atoms with E-state index in [1.807, 2.05) is 0 Å². The van der Waals surface area contributed by atoms with Gasteiger partial charge in [0.25, 0.3) is 0 Å². The minimum Gasteiger partial charge on any atom is -0.390 e. The fourth-order valence-corrected chi connectivity index (χ4v) is 11.2. The summed E-state index contributed by atoms with van der Waals surface area (Å²) in [5.41, 5.74) is 7.56. The van der Waals surface area contributed by atoms with E-state index in [0.717, 1.165) is 31.4 Å². The summed E-state index contributed by atoms with van der Waals surface area (Å²) < 4.78 is 85.0. The largest absolute Gasteiger partial charge is 0.490 e. The Bertz CT molecular complexity index is 2270. The number of ether oxygens (including phenoxy) is 2. The van der Waals surface area contributed by atoms with Crippen molar-refractivity contribution >= 4 is 72.1 Å². The van der Waals surface area contributed by atoms with Crippen LogP contribution in [0, 0.1) is 0 Å². The summed E-state index contributed by atoms with van der Waals surface area (Å²) in [5.74, 6) is 0.859. The van der Waals surface area contributed by atoms with Crippen molar-refractivity contribution in [2.75, 3.05) is 24.7 Å². The minimum absolute atomic E-state index is 0.0728. The van der Waals surface area contributed by atoms with Crippen molar-refractivity contribution < 1.29 is 84.6 Å². The molecule has 2 fully saturated rings. The van der Waals surface area contributed by atoms with Crippen LogP contribution in [0.4, 0.5) is 5.82 Å². The number of unbranched alkanes of at least 4 members (excludes halogenated alkanes) is 3. The van der Waals surface area contributed by atoms with Crippen molar-refractivity contribution in [1.82, 2.24) is 39.0 Å². The highest BCUT2D eigenvalue weighted by molar-refractivity contribution is 7.80. The van der Waals surface area contributed by atoms with Crippen LogP contribution in [-0.4, -0.2) is 123 Å². The molecule has 9 N–H and O–H groups in total. The molecule has 322 valence electrons. The summed E-state index contributed by atoms with van der Waals surface area (Å²) in [5, 5.41) is 31.8. The number of thiol groups is 1. The quantitative estimate of drug-likeness (QED) is 0.0339. The Morgan fingerprint density at radius 1 is 0.707 bits per heavy atom. The lowest BCUT2D eigenvalue weighted by atomic mass is 10.1. The number of hydrogen-bond donors (Lipinski definition) is 9. The molecule has 2 saturated heterocycles. The second-order valence-electron chi connectivity index (χ2n) is 12.8. The lowest BCUT2D eigenvalue weighted by Gasteiger charge is -2.21. The van der Waals surface area contributed by atoms with Crippen LogP contribution in [-0.2, 0) is 56.1 Å². The topological polar surface area (TPSA) is 388 Å². The average molecular weight is 922 g/mol. The summed E-state index contributed by atoms with van der Waals surface area (Å²) in [6.45, 7) is -2.00. The third-order valence-electron chi connectivity index (χ3n) is 8.69. The van der Waals surface area contributed by atoms with Gasteiger partial charge in [0.05, 0.1) is 37.7 Å². The number of anilines is 1. The molecule has 11 atom stereocenters. The van der Waals surface area contributed by atoms with Crippen LogP contribution in [0.5, 0.6) is 0 Å². The van der Waals surface area contributed by atoms with E-state index in [1.165, 1.54) is 34.4 Å². The van der Waals surface area contributed by atoms with Crippen molar-refractivity contribution in [2.24, 2.45) is 0 Å². The normalized spacial score (nSPS) is 28.0. The molecular weight excluding hydrogens is 882 g/mol. The lowest BCUT2D eigenvalue weighted by molar-refractivity contribution is -0.0503. The molecule has 4 unspecified atom stereocenters. The van der Waals surface area contributed by atoms with E-state index in [4.69, 9.17) is 15.2 Å². The van der Waals surface area contributed by atoms with E-state index in [-0.39, 0.29) is 29.0 Å². The molecule has 0 radical (unpaired) electrons. The van der Waals surface area contributed by atoms with Crippen LogP contribution < -0.4 is 5.73 Å². The Balaban J connectivity index is 0.990. The first-order valence-corrected chi connectivity index (χ1v) is 23.7. The number of hydrogen-bond acceptors (Lipinski definition) is 22. The molecule has 0 saturated carbocycles. The van der Waals surface area contributed by atoms with Gasteiger partial charge in [0.15, 0.2) is 23.3 Å². The fourth-order valence-electron chi connectivity index (χ4n) is 6.04. The maximum absolute atomic E-state index is 12.6. The Labute approximate surface area is 332 Å².